The minimum absolute atomic E-state index is 0.119. The van der Waals surface area contributed by atoms with Crippen LogP contribution in [-0.4, -0.2) is 24.6 Å². The van der Waals surface area contributed by atoms with Gasteiger partial charge in [0.1, 0.15) is 5.01 Å². The third-order valence-corrected chi connectivity index (χ3v) is 6.63. The van der Waals surface area contributed by atoms with Crippen molar-refractivity contribution in [3.05, 3.63) is 80.8 Å². The van der Waals surface area contributed by atoms with Crippen LogP contribution in [0.25, 0.3) is 22.4 Å². The van der Waals surface area contributed by atoms with Crippen molar-refractivity contribution >= 4 is 61.2 Å². The van der Waals surface area contributed by atoms with E-state index < -0.39 is 0 Å². The molecule has 3 aromatic carbocycles. The van der Waals surface area contributed by atoms with Crippen LogP contribution in [0.2, 0.25) is 0 Å². The van der Waals surface area contributed by atoms with Gasteiger partial charge in [0.05, 0.1) is 17.3 Å². The number of methoxy groups -OCH3 is 1. The van der Waals surface area contributed by atoms with Gasteiger partial charge in [0.15, 0.2) is 18.1 Å². The van der Waals surface area contributed by atoms with Crippen LogP contribution in [0.15, 0.2) is 59.1 Å². The molecule has 0 saturated heterocycles. The fourth-order valence-electron chi connectivity index (χ4n) is 3.22. The van der Waals surface area contributed by atoms with Crippen LogP contribution in [0.4, 0.5) is 5.69 Å². The molecule has 7 heteroatoms. The summed E-state index contributed by atoms with van der Waals surface area (Å²) in [5.74, 6) is 0.820. The van der Waals surface area contributed by atoms with Crippen molar-refractivity contribution in [2.24, 2.45) is 0 Å². The lowest BCUT2D eigenvalue weighted by Gasteiger charge is -2.11. The Balaban J connectivity index is 1.42. The molecule has 168 valence electrons. The van der Waals surface area contributed by atoms with Gasteiger partial charge < -0.3 is 14.8 Å². The monoisotopic (exact) mass is 522 g/mol. The molecule has 4 aromatic rings. The number of halogens is 1. The smallest absolute Gasteiger partial charge is 0.262 e. The summed E-state index contributed by atoms with van der Waals surface area (Å²) in [6.45, 7) is 4.10. The largest absolute Gasteiger partial charge is 0.493 e. The number of fused-ring (bicyclic) bond motifs is 1. The summed E-state index contributed by atoms with van der Waals surface area (Å²) in [5, 5.41) is 3.75. The van der Waals surface area contributed by atoms with Crippen LogP contribution in [0.1, 0.15) is 21.7 Å². The third-order valence-electron chi connectivity index (χ3n) is 5.11. The number of ether oxygens (including phenoxy) is 2. The quantitative estimate of drug-likeness (QED) is 0.287. The zero-order valence-corrected chi connectivity index (χ0v) is 20.9. The second-order valence-electron chi connectivity index (χ2n) is 7.54. The van der Waals surface area contributed by atoms with E-state index in [4.69, 9.17) is 14.5 Å². The van der Waals surface area contributed by atoms with Gasteiger partial charge in [-0.05, 0) is 85.1 Å². The first-order chi connectivity index (χ1) is 15.9. The number of amides is 1. The Kier molecular flexibility index (Phi) is 7.11. The van der Waals surface area contributed by atoms with Crippen LogP contribution in [0.3, 0.4) is 0 Å². The Morgan fingerprint density at radius 3 is 2.55 bits per heavy atom. The molecule has 1 amide bonds. The number of anilines is 1. The van der Waals surface area contributed by atoms with E-state index in [1.54, 1.807) is 24.5 Å². The van der Waals surface area contributed by atoms with Crippen molar-refractivity contribution < 1.29 is 14.3 Å². The Labute approximate surface area is 205 Å². The highest BCUT2D eigenvalue weighted by atomic mass is 79.9. The molecule has 0 unspecified atom stereocenters. The molecule has 1 aromatic heterocycles. The Hall–Kier alpha value is -3.16. The van der Waals surface area contributed by atoms with Crippen LogP contribution in [-0.2, 0) is 4.79 Å². The fourth-order valence-corrected chi connectivity index (χ4v) is 4.43. The van der Waals surface area contributed by atoms with Crippen molar-refractivity contribution in [1.82, 2.24) is 4.98 Å². The average Bonchev–Trinajstić information content (AvgIpc) is 3.19. The molecule has 4 rings (SSSR count). The van der Waals surface area contributed by atoms with Gasteiger partial charge in [-0.1, -0.05) is 28.1 Å². The third kappa shape index (κ3) is 5.80. The highest BCUT2D eigenvalue weighted by molar-refractivity contribution is 9.10. The predicted molar refractivity (Wildman–Crippen MR) is 139 cm³/mol. The van der Waals surface area contributed by atoms with Crippen molar-refractivity contribution in [2.75, 3.05) is 19.0 Å². The number of carbonyl (C=O) groups excluding carboxylic acids is 1. The summed E-state index contributed by atoms with van der Waals surface area (Å²) in [7, 11) is 1.58. The number of carbonyl (C=O) groups is 1. The van der Waals surface area contributed by atoms with Crippen molar-refractivity contribution in [3.8, 4) is 11.5 Å². The summed E-state index contributed by atoms with van der Waals surface area (Å²) in [4.78, 5) is 16.9. The molecule has 0 aliphatic heterocycles. The van der Waals surface area contributed by atoms with Crippen LogP contribution in [0.5, 0.6) is 11.5 Å². The average molecular weight is 523 g/mol. The number of hydrogen-bond donors (Lipinski definition) is 1. The minimum Gasteiger partial charge on any atom is -0.493 e. The van der Waals surface area contributed by atoms with Gasteiger partial charge in [-0.3, -0.25) is 4.79 Å². The molecule has 0 radical (unpaired) electrons. The predicted octanol–water partition coefficient (Wildman–Crippen LogP) is 6.87. The van der Waals surface area contributed by atoms with Crippen molar-refractivity contribution in [2.45, 2.75) is 13.8 Å². The molecule has 0 aliphatic rings. The van der Waals surface area contributed by atoms with Gasteiger partial charge in [-0.15, -0.1) is 11.3 Å². The number of hydrogen-bond acceptors (Lipinski definition) is 5. The van der Waals surface area contributed by atoms with E-state index in [1.165, 1.54) is 15.8 Å². The second-order valence-corrected chi connectivity index (χ2v) is 9.52. The number of thiazole rings is 1. The first-order valence-electron chi connectivity index (χ1n) is 10.3. The zero-order valence-electron chi connectivity index (χ0n) is 18.5. The van der Waals surface area contributed by atoms with E-state index in [0.717, 1.165) is 20.6 Å². The molecule has 33 heavy (non-hydrogen) atoms. The standard InChI is InChI=1S/C26H23BrN2O3S/c1-16-12-21-24(13-17(16)2)33-26(29-21)11-5-18-4-10-22(23(14-18)31-3)32-15-25(30)28-20-8-6-19(27)7-9-20/h4-14H,15H2,1-3H3,(H,28,30). The summed E-state index contributed by atoms with van der Waals surface area (Å²) < 4.78 is 13.3. The van der Waals surface area contributed by atoms with Crippen LogP contribution >= 0.6 is 27.3 Å². The van der Waals surface area contributed by atoms with Gasteiger partial charge in [-0.2, -0.15) is 0 Å². The molecular formula is C26H23BrN2O3S. The van der Waals surface area contributed by atoms with Crippen LogP contribution in [0, 0.1) is 13.8 Å². The lowest BCUT2D eigenvalue weighted by molar-refractivity contribution is -0.118. The van der Waals surface area contributed by atoms with Crippen LogP contribution < -0.4 is 14.8 Å². The molecule has 1 N–H and O–H groups in total. The van der Waals surface area contributed by atoms with E-state index in [9.17, 15) is 4.79 Å². The van der Waals surface area contributed by atoms with Gasteiger partial charge in [-0.25, -0.2) is 4.98 Å². The number of nitrogens with zero attached hydrogens (tertiary/aromatic N) is 1. The van der Waals surface area contributed by atoms with E-state index in [0.29, 0.717) is 17.2 Å². The molecule has 0 saturated carbocycles. The summed E-state index contributed by atoms with van der Waals surface area (Å²) in [5.41, 5.74) is 5.19. The molecule has 1 heterocycles. The highest BCUT2D eigenvalue weighted by Crippen LogP contribution is 2.30. The maximum Gasteiger partial charge on any atom is 0.262 e. The maximum absolute atomic E-state index is 12.2. The molecular weight excluding hydrogens is 500 g/mol. The van der Waals surface area contributed by atoms with E-state index in [2.05, 4.69) is 47.2 Å². The Morgan fingerprint density at radius 2 is 1.79 bits per heavy atom. The minimum atomic E-state index is -0.246. The summed E-state index contributed by atoms with van der Waals surface area (Å²) >= 11 is 5.04. The summed E-state index contributed by atoms with van der Waals surface area (Å²) in [6.07, 6.45) is 3.99. The lowest BCUT2D eigenvalue weighted by Crippen LogP contribution is -2.20. The Morgan fingerprint density at radius 1 is 1.03 bits per heavy atom. The molecule has 0 fully saturated rings. The van der Waals surface area contributed by atoms with E-state index in [1.807, 2.05) is 48.6 Å². The van der Waals surface area contributed by atoms with E-state index in [-0.39, 0.29) is 12.5 Å². The number of benzene rings is 3. The van der Waals surface area contributed by atoms with Crippen molar-refractivity contribution in [1.29, 1.82) is 0 Å². The first-order valence-corrected chi connectivity index (χ1v) is 11.9. The zero-order chi connectivity index (χ0) is 23.4. The lowest BCUT2D eigenvalue weighted by atomic mass is 10.1. The number of aromatic nitrogens is 1. The number of aryl methyl sites for hydroxylation is 2. The molecule has 0 bridgehead atoms. The Bertz CT molecular complexity index is 1290. The summed E-state index contributed by atoms with van der Waals surface area (Å²) in [6, 6.07) is 17.3. The number of rotatable bonds is 7. The van der Waals surface area contributed by atoms with Gasteiger partial charge in [0.2, 0.25) is 0 Å². The van der Waals surface area contributed by atoms with Gasteiger partial charge in [0, 0.05) is 10.2 Å². The molecule has 5 nitrogen and oxygen atoms in total. The van der Waals surface area contributed by atoms with Gasteiger partial charge in [0.25, 0.3) is 5.91 Å². The maximum atomic E-state index is 12.2. The second kappa shape index (κ2) is 10.2. The molecule has 0 atom stereocenters. The molecule has 0 aliphatic carbocycles. The first kappa shape index (κ1) is 23.0. The fraction of sp³-hybridized carbons (Fsp3) is 0.154. The highest BCUT2D eigenvalue weighted by Gasteiger charge is 2.09. The topological polar surface area (TPSA) is 60.5 Å². The number of nitrogens with one attached hydrogen (secondary N) is 1. The van der Waals surface area contributed by atoms with Crippen molar-refractivity contribution in [3.63, 3.8) is 0 Å². The SMILES string of the molecule is COc1cc(C=Cc2nc3cc(C)c(C)cc3s2)ccc1OCC(=O)Nc1ccc(Br)cc1. The van der Waals surface area contributed by atoms with E-state index >= 15 is 0 Å². The van der Waals surface area contributed by atoms with Gasteiger partial charge >= 0.3 is 0 Å². The normalized spacial score (nSPS) is 11.2. The molecule has 0 spiro atoms.